The monoisotopic (exact) mass is 463 g/mol. The minimum Gasteiger partial charge on any atom is -0.383 e. The Balaban J connectivity index is 1.96. The van der Waals surface area contributed by atoms with Crippen LogP contribution in [0.5, 0.6) is 0 Å². The molecule has 3 aromatic heterocycles. The summed E-state index contributed by atoms with van der Waals surface area (Å²) < 4.78 is 9.68. The molecule has 0 N–H and O–H groups in total. The van der Waals surface area contributed by atoms with Gasteiger partial charge in [-0.15, -0.1) is 0 Å². The lowest BCUT2D eigenvalue weighted by atomic mass is 10.3. The summed E-state index contributed by atoms with van der Waals surface area (Å²) in [5, 5.41) is 0.466. The second-order valence-corrected chi connectivity index (χ2v) is 7.92. The predicted octanol–water partition coefficient (Wildman–Crippen LogP) is 4.00. The summed E-state index contributed by atoms with van der Waals surface area (Å²) in [5.74, 6) is 0.621. The van der Waals surface area contributed by atoms with E-state index in [-0.39, 0.29) is 5.56 Å². The minimum absolute atomic E-state index is 0.139. The Kier molecular flexibility index (Phi) is 4.60. The van der Waals surface area contributed by atoms with Crippen molar-refractivity contribution in [3.63, 3.8) is 0 Å². The van der Waals surface area contributed by atoms with Gasteiger partial charge in [0.05, 0.1) is 24.2 Å². The Hall–Kier alpha value is -3.10. The van der Waals surface area contributed by atoms with Crippen LogP contribution in [0.4, 0.5) is 0 Å². The molecule has 5 rings (SSSR count). The van der Waals surface area contributed by atoms with E-state index < -0.39 is 0 Å². The molecular weight excluding hydrogens is 446 g/mol. The van der Waals surface area contributed by atoms with Crippen LogP contribution in [0.25, 0.3) is 38.9 Å². The fourth-order valence-corrected chi connectivity index (χ4v) is 3.98. The van der Waals surface area contributed by atoms with E-state index in [2.05, 4.69) is 15.9 Å². The molecule has 150 valence electrons. The highest BCUT2D eigenvalue weighted by molar-refractivity contribution is 9.10. The molecule has 0 spiro atoms. The highest BCUT2D eigenvalue weighted by Gasteiger charge is 2.22. The van der Waals surface area contributed by atoms with Gasteiger partial charge in [-0.2, -0.15) is 0 Å². The molecule has 0 saturated carbocycles. The molecule has 0 amide bonds. The van der Waals surface area contributed by atoms with Crippen LogP contribution >= 0.6 is 15.9 Å². The summed E-state index contributed by atoms with van der Waals surface area (Å²) in [7, 11) is 1.61. The van der Waals surface area contributed by atoms with Gasteiger partial charge in [0, 0.05) is 17.3 Å². The molecular formula is C22H18BrN5O2. The summed E-state index contributed by atoms with van der Waals surface area (Å²) in [5.41, 5.74) is 3.95. The predicted molar refractivity (Wildman–Crippen MR) is 120 cm³/mol. The zero-order valence-corrected chi connectivity index (χ0v) is 18.0. The Morgan fingerprint density at radius 3 is 2.37 bits per heavy atom. The average Bonchev–Trinajstić information content (AvgIpc) is 3.05. The fraction of sp³-hybridized carbons (Fsp3) is 0.182. The van der Waals surface area contributed by atoms with Crippen LogP contribution in [0, 0.1) is 6.92 Å². The molecule has 2 aromatic carbocycles. The van der Waals surface area contributed by atoms with Crippen molar-refractivity contribution in [3.8, 4) is 5.69 Å². The van der Waals surface area contributed by atoms with Gasteiger partial charge in [0.15, 0.2) is 11.3 Å². The SMILES string of the molecule is COCCn1c(C)nc2c(c1=O)c1nc3ccccc3nc1n2-c1ccc(Br)cc1. The number of rotatable bonds is 4. The van der Waals surface area contributed by atoms with E-state index in [0.717, 1.165) is 21.2 Å². The largest absolute Gasteiger partial charge is 0.383 e. The van der Waals surface area contributed by atoms with Gasteiger partial charge in [0.25, 0.3) is 5.56 Å². The smallest absolute Gasteiger partial charge is 0.265 e. The first-order chi connectivity index (χ1) is 14.6. The van der Waals surface area contributed by atoms with Gasteiger partial charge in [-0.25, -0.2) is 15.0 Å². The molecule has 0 bridgehead atoms. The third-order valence-electron chi connectivity index (χ3n) is 5.16. The van der Waals surface area contributed by atoms with Crippen molar-refractivity contribution >= 4 is 49.2 Å². The van der Waals surface area contributed by atoms with Crippen LogP contribution in [0.2, 0.25) is 0 Å². The lowest BCUT2D eigenvalue weighted by Crippen LogP contribution is -2.25. The van der Waals surface area contributed by atoms with Gasteiger partial charge in [0.1, 0.15) is 16.7 Å². The molecule has 0 saturated heterocycles. The molecule has 0 unspecified atom stereocenters. The molecule has 0 atom stereocenters. The Morgan fingerprint density at radius 2 is 1.67 bits per heavy atom. The summed E-state index contributed by atoms with van der Waals surface area (Å²) >= 11 is 3.48. The van der Waals surface area contributed by atoms with E-state index in [4.69, 9.17) is 19.7 Å². The number of ether oxygens (including phenoxy) is 1. The summed E-state index contributed by atoms with van der Waals surface area (Å²) in [6.07, 6.45) is 0. The first kappa shape index (κ1) is 18.9. The number of para-hydroxylation sites is 2. The number of halogens is 1. The van der Waals surface area contributed by atoms with E-state index in [0.29, 0.717) is 41.2 Å². The van der Waals surface area contributed by atoms with Crippen molar-refractivity contribution in [2.24, 2.45) is 0 Å². The zero-order chi connectivity index (χ0) is 20.8. The number of aromatic nitrogens is 5. The van der Waals surface area contributed by atoms with Gasteiger partial charge >= 0.3 is 0 Å². The maximum Gasteiger partial charge on any atom is 0.265 e. The fourth-order valence-electron chi connectivity index (χ4n) is 3.71. The Morgan fingerprint density at radius 1 is 0.967 bits per heavy atom. The Bertz CT molecular complexity index is 1470. The van der Waals surface area contributed by atoms with Crippen LogP contribution in [0.15, 0.2) is 57.8 Å². The van der Waals surface area contributed by atoms with E-state index in [1.807, 2.05) is 60.0 Å². The lowest BCUT2D eigenvalue weighted by molar-refractivity contribution is 0.185. The van der Waals surface area contributed by atoms with Gasteiger partial charge in [-0.3, -0.25) is 13.9 Å². The van der Waals surface area contributed by atoms with Crippen LogP contribution in [-0.2, 0) is 11.3 Å². The van der Waals surface area contributed by atoms with Crippen LogP contribution in [0.3, 0.4) is 0 Å². The quantitative estimate of drug-likeness (QED) is 0.402. The van der Waals surface area contributed by atoms with Crippen LogP contribution in [-0.4, -0.2) is 37.8 Å². The first-order valence-electron chi connectivity index (χ1n) is 9.51. The Labute approximate surface area is 180 Å². The van der Waals surface area contributed by atoms with Crippen molar-refractivity contribution in [1.82, 2.24) is 24.1 Å². The second-order valence-electron chi connectivity index (χ2n) is 7.00. The van der Waals surface area contributed by atoms with Gasteiger partial charge in [-0.05, 0) is 43.3 Å². The molecule has 0 aliphatic carbocycles. The minimum atomic E-state index is -0.139. The van der Waals surface area contributed by atoms with Gasteiger partial charge in [0.2, 0.25) is 0 Å². The second kappa shape index (κ2) is 7.30. The molecule has 3 heterocycles. The first-order valence-corrected chi connectivity index (χ1v) is 10.3. The van der Waals surface area contributed by atoms with E-state index in [9.17, 15) is 4.79 Å². The molecule has 7 nitrogen and oxygen atoms in total. The highest BCUT2D eigenvalue weighted by atomic mass is 79.9. The third-order valence-corrected chi connectivity index (χ3v) is 5.69. The third kappa shape index (κ3) is 2.91. The van der Waals surface area contributed by atoms with Crippen LogP contribution < -0.4 is 5.56 Å². The van der Waals surface area contributed by atoms with E-state index >= 15 is 0 Å². The van der Waals surface area contributed by atoms with Crippen molar-refractivity contribution in [3.05, 3.63) is 69.2 Å². The van der Waals surface area contributed by atoms with Crippen LogP contribution in [0.1, 0.15) is 5.82 Å². The molecule has 0 fully saturated rings. The number of hydrogen-bond donors (Lipinski definition) is 0. The van der Waals surface area contributed by atoms with Crippen molar-refractivity contribution < 1.29 is 4.74 Å². The number of methoxy groups -OCH3 is 1. The molecule has 0 aliphatic heterocycles. The zero-order valence-electron chi connectivity index (χ0n) is 16.5. The molecule has 8 heteroatoms. The molecule has 0 radical (unpaired) electrons. The highest BCUT2D eigenvalue weighted by Crippen LogP contribution is 2.29. The molecule has 0 aliphatic rings. The molecule has 5 aromatic rings. The topological polar surface area (TPSA) is 74.8 Å². The summed E-state index contributed by atoms with van der Waals surface area (Å²) in [6.45, 7) is 2.68. The number of nitrogens with zero attached hydrogens (tertiary/aromatic N) is 5. The average molecular weight is 464 g/mol. The number of benzene rings is 2. The standard InChI is InChI=1S/C22H18BrN5O2/c1-13-24-20-18(22(29)27(13)11-12-30-2)19-21(26-17-6-4-3-5-16(17)25-19)28(20)15-9-7-14(23)8-10-15/h3-10H,11-12H2,1-2H3. The van der Waals surface area contributed by atoms with Crippen molar-refractivity contribution in [2.45, 2.75) is 13.5 Å². The number of hydrogen-bond acceptors (Lipinski definition) is 5. The van der Waals surface area contributed by atoms with Gasteiger partial charge in [-0.1, -0.05) is 28.1 Å². The number of aryl methyl sites for hydroxylation is 1. The van der Waals surface area contributed by atoms with E-state index in [1.165, 1.54) is 0 Å². The van der Waals surface area contributed by atoms with Crippen molar-refractivity contribution in [1.29, 1.82) is 0 Å². The normalized spacial score (nSPS) is 11.7. The summed E-state index contributed by atoms with van der Waals surface area (Å²) in [4.78, 5) is 27.9. The summed E-state index contributed by atoms with van der Waals surface area (Å²) in [6, 6.07) is 15.5. The lowest BCUT2D eigenvalue weighted by Gasteiger charge is -2.10. The maximum atomic E-state index is 13.5. The van der Waals surface area contributed by atoms with Gasteiger partial charge < -0.3 is 4.74 Å². The number of fused-ring (bicyclic) bond motifs is 4. The molecule has 30 heavy (non-hydrogen) atoms. The maximum absolute atomic E-state index is 13.5. The van der Waals surface area contributed by atoms with Crippen molar-refractivity contribution in [2.75, 3.05) is 13.7 Å². The van der Waals surface area contributed by atoms with E-state index in [1.54, 1.807) is 11.7 Å².